The normalized spacial score (nSPS) is 11.7. The molecule has 1 unspecified atom stereocenters. The van der Waals surface area contributed by atoms with Crippen LogP contribution in [0.25, 0.3) is 0 Å². The molecule has 1 N–H and O–H groups in total. The highest BCUT2D eigenvalue weighted by Crippen LogP contribution is 2.25. The molecule has 0 aliphatic carbocycles. The summed E-state index contributed by atoms with van der Waals surface area (Å²) in [5, 5.41) is 12.6. The molecule has 0 aliphatic heterocycles. The molecule has 108 valence electrons. The van der Waals surface area contributed by atoms with Crippen molar-refractivity contribution >= 4 is 28.9 Å². The van der Waals surface area contributed by atoms with E-state index in [1.165, 1.54) is 12.1 Å². The summed E-state index contributed by atoms with van der Waals surface area (Å²) in [6.07, 6.45) is 0. The third kappa shape index (κ3) is 3.58. The first-order valence-electron chi connectivity index (χ1n) is 6.24. The number of aryl methyl sites for hydroxylation is 1. The van der Waals surface area contributed by atoms with Crippen LogP contribution >= 0.6 is 11.6 Å². The van der Waals surface area contributed by atoms with Gasteiger partial charge in [-0.25, -0.2) is 0 Å². The molecule has 0 saturated carbocycles. The molecule has 6 heteroatoms. The number of hydrogen-bond donors (Lipinski definition) is 1. The molecule has 0 heterocycles. The van der Waals surface area contributed by atoms with E-state index >= 15 is 0 Å². The standard InChI is InChI=1S/C15H13ClN2O3/c1-10-9-12(7-8-13(10)18(20)21)17-15(19)14(16)11-5-3-2-4-6-11/h2-9,14H,1H3,(H,17,19). The highest BCUT2D eigenvalue weighted by Gasteiger charge is 2.18. The monoisotopic (exact) mass is 304 g/mol. The van der Waals surface area contributed by atoms with Gasteiger partial charge in [0, 0.05) is 17.3 Å². The molecule has 1 amide bonds. The molecule has 2 rings (SSSR count). The lowest BCUT2D eigenvalue weighted by Crippen LogP contribution is -2.17. The van der Waals surface area contributed by atoms with E-state index in [0.29, 0.717) is 16.8 Å². The van der Waals surface area contributed by atoms with Gasteiger partial charge in [-0.3, -0.25) is 14.9 Å². The van der Waals surface area contributed by atoms with Crippen molar-refractivity contribution in [1.82, 2.24) is 0 Å². The van der Waals surface area contributed by atoms with Crippen molar-refractivity contribution in [3.63, 3.8) is 0 Å². The minimum absolute atomic E-state index is 0.0125. The van der Waals surface area contributed by atoms with E-state index in [4.69, 9.17) is 11.6 Å². The number of rotatable bonds is 4. The number of carbonyl (C=O) groups is 1. The zero-order chi connectivity index (χ0) is 15.4. The number of amides is 1. The Morgan fingerprint density at radius 2 is 1.90 bits per heavy atom. The van der Waals surface area contributed by atoms with Gasteiger partial charge in [-0.1, -0.05) is 30.3 Å². The molecule has 1 atom stereocenters. The first-order valence-corrected chi connectivity index (χ1v) is 6.67. The van der Waals surface area contributed by atoms with Crippen LogP contribution in [-0.2, 0) is 4.79 Å². The molecule has 2 aromatic carbocycles. The number of anilines is 1. The van der Waals surface area contributed by atoms with Gasteiger partial charge in [-0.2, -0.15) is 0 Å². The van der Waals surface area contributed by atoms with E-state index in [1.54, 1.807) is 37.3 Å². The lowest BCUT2D eigenvalue weighted by Gasteiger charge is -2.11. The van der Waals surface area contributed by atoms with E-state index in [9.17, 15) is 14.9 Å². The van der Waals surface area contributed by atoms with Crippen molar-refractivity contribution in [3.05, 3.63) is 69.8 Å². The Labute approximate surface area is 126 Å². The summed E-state index contributed by atoms with van der Waals surface area (Å²) < 4.78 is 0. The first-order chi connectivity index (χ1) is 9.99. The molecule has 0 fully saturated rings. The molecular formula is C15H13ClN2O3. The molecule has 0 saturated heterocycles. The number of alkyl halides is 1. The predicted molar refractivity (Wildman–Crippen MR) is 81.5 cm³/mol. The highest BCUT2D eigenvalue weighted by atomic mass is 35.5. The minimum atomic E-state index is -0.818. The van der Waals surface area contributed by atoms with E-state index < -0.39 is 10.3 Å². The van der Waals surface area contributed by atoms with Crippen LogP contribution in [-0.4, -0.2) is 10.8 Å². The summed E-state index contributed by atoms with van der Waals surface area (Å²) in [7, 11) is 0. The number of halogens is 1. The van der Waals surface area contributed by atoms with Gasteiger partial charge in [-0.05, 0) is 24.6 Å². The molecule has 21 heavy (non-hydrogen) atoms. The maximum atomic E-state index is 12.1. The van der Waals surface area contributed by atoms with Gasteiger partial charge < -0.3 is 5.32 Å². The Morgan fingerprint density at radius 3 is 2.48 bits per heavy atom. The van der Waals surface area contributed by atoms with Gasteiger partial charge in [0.2, 0.25) is 5.91 Å². The average molecular weight is 305 g/mol. The molecule has 5 nitrogen and oxygen atoms in total. The van der Waals surface area contributed by atoms with Crippen molar-refractivity contribution in [2.75, 3.05) is 5.32 Å². The second-order valence-corrected chi connectivity index (χ2v) is 4.96. The maximum absolute atomic E-state index is 12.1. The van der Waals surface area contributed by atoms with Gasteiger partial charge in [0.1, 0.15) is 5.38 Å². The molecule has 0 radical (unpaired) electrons. The third-order valence-electron chi connectivity index (χ3n) is 2.98. The van der Waals surface area contributed by atoms with Gasteiger partial charge >= 0.3 is 0 Å². The van der Waals surface area contributed by atoms with Crippen LogP contribution in [0.1, 0.15) is 16.5 Å². The highest BCUT2D eigenvalue weighted by molar-refractivity contribution is 6.32. The lowest BCUT2D eigenvalue weighted by atomic mass is 10.1. The van der Waals surface area contributed by atoms with Crippen molar-refractivity contribution in [2.45, 2.75) is 12.3 Å². The molecule has 0 spiro atoms. The Balaban J connectivity index is 2.13. The molecule has 0 bridgehead atoms. The van der Waals surface area contributed by atoms with Crippen molar-refractivity contribution < 1.29 is 9.72 Å². The van der Waals surface area contributed by atoms with Crippen LogP contribution in [0.2, 0.25) is 0 Å². The van der Waals surface area contributed by atoms with Gasteiger partial charge in [0.15, 0.2) is 0 Å². The van der Waals surface area contributed by atoms with Crippen LogP contribution in [0, 0.1) is 17.0 Å². The summed E-state index contributed by atoms with van der Waals surface area (Å²) in [4.78, 5) is 22.3. The zero-order valence-electron chi connectivity index (χ0n) is 11.2. The SMILES string of the molecule is Cc1cc(NC(=O)C(Cl)c2ccccc2)ccc1[N+](=O)[O-]. The Kier molecular flexibility index (Phi) is 4.55. The lowest BCUT2D eigenvalue weighted by molar-refractivity contribution is -0.385. The molecule has 0 aromatic heterocycles. The molecular weight excluding hydrogens is 292 g/mol. The zero-order valence-corrected chi connectivity index (χ0v) is 12.0. The van der Waals surface area contributed by atoms with Crippen molar-refractivity contribution in [2.24, 2.45) is 0 Å². The quantitative estimate of drug-likeness (QED) is 0.530. The summed E-state index contributed by atoms with van der Waals surface area (Å²) in [6.45, 7) is 1.61. The predicted octanol–water partition coefficient (Wildman–Crippen LogP) is 3.82. The van der Waals surface area contributed by atoms with E-state index in [1.807, 2.05) is 6.07 Å². The number of nitrogens with one attached hydrogen (secondary N) is 1. The van der Waals surface area contributed by atoms with Crippen LogP contribution in [0.15, 0.2) is 48.5 Å². The van der Waals surface area contributed by atoms with E-state index in [-0.39, 0.29) is 11.6 Å². The number of carbonyl (C=O) groups excluding carboxylic acids is 1. The average Bonchev–Trinajstić information content (AvgIpc) is 2.47. The van der Waals surface area contributed by atoms with Crippen LogP contribution in [0.4, 0.5) is 11.4 Å². The third-order valence-corrected chi connectivity index (χ3v) is 3.43. The second kappa shape index (κ2) is 6.37. The fraction of sp³-hybridized carbons (Fsp3) is 0.133. The maximum Gasteiger partial charge on any atom is 0.272 e. The first kappa shape index (κ1) is 15.0. The Morgan fingerprint density at radius 1 is 1.24 bits per heavy atom. The topological polar surface area (TPSA) is 72.2 Å². The Hall–Kier alpha value is -2.40. The van der Waals surface area contributed by atoms with E-state index in [2.05, 4.69) is 5.32 Å². The van der Waals surface area contributed by atoms with Gasteiger partial charge in [0.25, 0.3) is 5.69 Å². The smallest absolute Gasteiger partial charge is 0.272 e. The summed E-state index contributed by atoms with van der Waals surface area (Å²) in [6, 6.07) is 13.3. The van der Waals surface area contributed by atoms with Crippen LogP contribution in [0.5, 0.6) is 0 Å². The van der Waals surface area contributed by atoms with E-state index in [0.717, 1.165) is 0 Å². The van der Waals surface area contributed by atoms with Crippen molar-refractivity contribution in [3.8, 4) is 0 Å². The minimum Gasteiger partial charge on any atom is -0.324 e. The molecule has 0 aliphatic rings. The number of hydrogen-bond acceptors (Lipinski definition) is 3. The van der Waals surface area contributed by atoms with Gasteiger partial charge in [0.05, 0.1) is 4.92 Å². The van der Waals surface area contributed by atoms with Gasteiger partial charge in [-0.15, -0.1) is 11.6 Å². The second-order valence-electron chi connectivity index (χ2n) is 4.52. The summed E-state index contributed by atoms with van der Waals surface area (Å²) in [5.41, 5.74) is 1.65. The number of nitro groups is 1. The number of benzene rings is 2. The fourth-order valence-corrected chi connectivity index (χ4v) is 2.12. The van der Waals surface area contributed by atoms with Crippen LogP contribution < -0.4 is 5.32 Å². The molecule has 2 aromatic rings. The number of nitrogens with zero attached hydrogens (tertiary/aromatic N) is 1. The van der Waals surface area contributed by atoms with Crippen molar-refractivity contribution in [1.29, 1.82) is 0 Å². The Bertz CT molecular complexity index is 674. The largest absolute Gasteiger partial charge is 0.324 e. The summed E-state index contributed by atoms with van der Waals surface area (Å²) >= 11 is 6.11. The summed E-state index contributed by atoms with van der Waals surface area (Å²) in [5.74, 6) is -0.379. The number of nitro benzene ring substituents is 1. The van der Waals surface area contributed by atoms with Crippen LogP contribution in [0.3, 0.4) is 0 Å². The fourth-order valence-electron chi connectivity index (χ4n) is 1.92.